The lowest BCUT2D eigenvalue weighted by atomic mass is 10.0. The molecule has 0 radical (unpaired) electrons. The fourth-order valence-corrected chi connectivity index (χ4v) is 2.86. The maximum absolute atomic E-state index is 11.7. The van der Waals surface area contributed by atoms with Crippen LogP contribution in [0.4, 0.5) is 5.69 Å². The lowest BCUT2D eigenvalue weighted by Gasteiger charge is -2.17. The predicted octanol–water partition coefficient (Wildman–Crippen LogP) is 2.19. The third kappa shape index (κ3) is 1.89. The average molecular weight is 258 g/mol. The number of hydrogen-bond donors (Lipinski definition) is 1. The van der Waals surface area contributed by atoms with Crippen molar-refractivity contribution in [3.05, 3.63) is 65.7 Å². The van der Waals surface area contributed by atoms with E-state index in [0.29, 0.717) is 11.4 Å². The Bertz CT molecular complexity index is 722. The van der Waals surface area contributed by atoms with Crippen LogP contribution in [0.1, 0.15) is 11.1 Å². The number of hydrogen-bond acceptors (Lipinski definition) is 2. The number of benzene rings is 2. The second kappa shape index (κ2) is 3.96. The molecule has 1 aliphatic heterocycles. The topological polar surface area (TPSA) is 58.5 Å². The Kier molecular flexibility index (Phi) is 2.41. The molecule has 2 aromatic rings. The molecule has 90 valence electrons. The van der Waals surface area contributed by atoms with Gasteiger partial charge in [-0.05, 0) is 6.07 Å². The van der Waals surface area contributed by atoms with Crippen molar-refractivity contribution in [2.24, 2.45) is 4.40 Å². The van der Waals surface area contributed by atoms with Crippen molar-refractivity contribution < 1.29 is 8.42 Å². The first-order valence-corrected chi connectivity index (χ1v) is 6.87. The van der Waals surface area contributed by atoms with E-state index >= 15 is 0 Å². The summed E-state index contributed by atoms with van der Waals surface area (Å²) in [6, 6.07) is 16.5. The van der Waals surface area contributed by atoms with Gasteiger partial charge in [-0.3, -0.25) is 4.72 Å². The van der Waals surface area contributed by atoms with Gasteiger partial charge in [-0.2, -0.15) is 8.42 Å². The number of nitrogens with one attached hydrogen (secondary N) is 1. The third-order valence-corrected chi connectivity index (χ3v) is 3.58. The number of anilines is 1. The van der Waals surface area contributed by atoms with Gasteiger partial charge in [-0.1, -0.05) is 48.5 Å². The van der Waals surface area contributed by atoms with Gasteiger partial charge in [0.05, 0.1) is 11.4 Å². The van der Waals surface area contributed by atoms with Crippen molar-refractivity contribution in [2.75, 3.05) is 4.72 Å². The molecule has 2 aromatic carbocycles. The number of nitrogens with zero attached hydrogens (tertiary/aromatic N) is 1. The van der Waals surface area contributed by atoms with Crippen molar-refractivity contribution in [2.45, 2.75) is 0 Å². The highest BCUT2D eigenvalue weighted by atomic mass is 32.2. The van der Waals surface area contributed by atoms with Gasteiger partial charge in [0.25, 0.3) is 0 Å². The highest BCUT2D eigenvalue weighted by molar-refractivity contribution is 7.91. The van der Waals surface area contributed by atoms with Crippen molar-refractivity contribution >= 4 is 21.6 Å². The molecule has 0 saturated heterocycles. The van der Waals surface area contributed by atoms with E-state index in [2.05, 4.69) is 9.12 Å². The molecule has 0 unspecified atom stereocenters. The molecule has 0 saturated carbocycles. The average Bonchev–Trinajstić information content (AvgIpc) is 2.38. The summed E-state index contributed by atoms with van der Waals surface area (Å²) < 4.78 is 29.6. The van der Waals surface area contributed by atoms with E-state index in [9.17, 15) is 8.42 Å². The lowest BCUT2D eigenvalue weighted by molar-refractivity contribution is 0.603. The molecular formula is C13H10N2O2S. The Morgan fingerprint density at radius 3 is 2.33 bits per heavy atom. The SMILES string of the molecule is O=S1(=O)N=C(c2ccccc2)c2ccccc2N1. The van der Waals surface area contributed by atoms with Crippen LogP contribution >= 0.6 is 0 Å². The Labute approximate surface area is 105 Å². The van der Waals surface area contributed by atoms with Crippen LogP contribution in [-0.4, -0.2) is 14.1 Å². The quantitative estimate of drug-likeness (QED) is 0.852. The first-order chi connectivity index (χ1) is 8.66. The maximum atomic E-state index is 11.7. The summed E-state index contributed by atoms with van der Waals surface area (Å²) in [5.41, 5.74) is 2.62. The lowest BCUT2D eigenvalue weighted by Crippen LogP contribution is -2.21. The van der Waals surface area contributed by atoms with Crippen LogP contribution < -0.4 is 4.72 Å². The zero-order valence-corrected chi connectivity index (χ0v) is 10.2. The smallest absolute Gasteiger partial charge is 0.264 e. The molecule has 0 aromatic heterocycles. The van der Waals surface area contributed by atoms with Crippen LogP contribution in [0.5, 0.6) is 0 Å². The third-order valence-electron chi connectivity index (χ3n) is 2.68. The normalized spacial score (nSPS) is 16.3. The van der Waals surface area contributed by atoms with Crippen LogP contribution in [0, 0.1) is 0 Å². The Hall–Kier alpha value is -2.14. The van der Waals surface area contributed by atoms with Crippen LogP contribution in [0.25, 0.3) is 0 Å². The van der Waals surface area contributed by atoms with Gasteiger partial charge in [-0.15, -0.1) is 4.40 Å². The molecule has 18 heavy (non-hydrogen) atoms. The van der Waals surface area contributed by atoms with Gasteiger partial charge in [0.1, 0.15) is 0 Å². The molecule has 4 nitrogen and oxygen atoms in total. The first-order valence-electron chi connectivity index (χ1n) is 5.43. The van der Waals surface area contributed by atoms with E-state index in [-0.39, 0.29) is 0 Å². The van der Waals surface area contributed by atoms with Crippen molar-refractivity contribution in [3.8, 4) is 0 Å². The van der Waals surface area contributed by atoms with Gasteiger partial charge in [-0.25, -0.2) is 0 Å². The zero-order chi connectivity index (χ0) is 12.6. The monoisotopic (exact) mass is 258 g/mol. The minimum atomic E-state index is -3.66. The van der Waals surface area contributed by atoms with E-state index in [4.69, 9.17) is 0 Å². The van der Waals surface area contributed by atoms with Gasteiger partial charge in [0.2, 0.25) is 0 Å². The summed E-state index contributed by atoms with van der Waals surface area (Å²) in [4.78, 5) is 0. The zero-order valence-electron chi connectivity index (χ0n) is 9.37. The summed E-state index contributed by atoms with van der Waals surface area (Å²) in [6.45, 7) is 0. The van der Waals surface area contributed by atoms with Gasteiger partial charge < -0.3 is 0 Å². The summed E-state index contributed by atoms with van der Waals surface area (Å²) in [7, 11) is -3.66. The highest BCUT2D eigenvalue weighted by Crippen LogP contribution is 2.25. The predicted molar refractivity (Wildman–Crippen MR) is 71.1 cm³/mol. The van der Waals surface area contributed by atoms with E-state index in [1.54, 1.807) is 12.1 Å². The fourth-order valence-electron chi connectivity index (χ4n) is 1.91. The second-order valence-electron chi connectivity index (χ2n) is 3.93. The van der Waals surface area contributed by atoms with E-state index in [1.807, 2.05) is 42.5 Å². The molecule has 0 spiro atoms. The molecule has 0 atom stereocenters. The summed E-state index contributed by atoms with van der Waals surface area (Å²) in [5, 5.41) is 0. The van der Waals surface area contributed by atoms with E-state index in [0.717, 1.165) is 11.1 Å². The van der Waals surface area contributed by atoms with Crippen molar-refractivity contribution in [1.82, 2.24) is 0 Å². The number of para-hydroxylation sites is 1. The van der Waals surface area contributed by atoms with Gasteiger partial charge in [0.15, 0.2) is 0 Å². The largest absolute Gasteiger partial charge is 0.342 e. The summed E-state index contributed by atoms with van der Waals surface area (Å²) in [5.74, 6) is 0. The molecule has 0 amide bonds. The van der Waals surface area contributed by atoms with Crippen LogP contribution in [0.3, 0.4) is 0 Å². The molecule has 3 rings (SSSR count). The van der Waals surface area contributed by atoms with Gasteiger partial charge in [0, 0.05) is 11.1 Å². The molecule has 0 fully saturated rings. The van der Waals surface area contributed by atoms with Crippen molar-refractivity contribution in [3.63, 3.8) is 0 Å². The Morgan fingerprint density at radius 1 is 0.889 bits per heavy atom. The Balaban J connectivity index is 2.26. The second-order valence-corrected chi connectivity index (χ2v) is 5.27. The number of fused-ring (bicyclic) bond motifs is 1. The van der Waals surface area contributed by atoms with E-state index in [1.165, 1.54) is 0 Å². The molecule has 1 aliphatic rings. The van der Waals surface area contributed by atoms with Crippen LogP contribution in [0.15, 0.2) is 59.0 Å². The maximum Gasteiger partial charge on any atom is 0.342 e. The molecule has 1 heterocycles. The highest BCUT2D eigenvalue weighted by Gasteiger charge is 2.22. The summed E-state index contributed by atoms with van der Waals surface area (Å²) in [6.07, 6.45) is 0. The minimum absolute atomic E-state index is 0.477. The minimum Gasteiger partial charge on any atom is -0.264 e. The number of rotatable bonds is 1. The molecule has 1 N–H and O–H groups in total. The Morgan fingerprint density at radius 2 is 1.56 bits per heavy atom. The molecule has 0 bridgehead atoms. The first kappa shape index (κ1) is 11.0. The van der Waals surface area contributed by atoms with E-state index < -0.39 is 10.2 Å². The van der Waals surface area contributed by atoms with Crippen molar-refractivity contribution in [1.29, 1.82) is 0 Å². The molecular weight excluding hydrogens is 248 g/mol. The van der Waals surface area contributed by atoms with Gasteiger partial charge >= 0.3 is 10.2 Å². The standard InChI is InChI=1S/C13H10N2O2S/c16-18(17)14-12-9-5-4-8-11(12)13(15-18)10-6-2-1-3-7-10/h1-9,14H. The van der Waals surface area contributed by atoms with Crippen LogP contribution in [0.2, 0.25) is 0 Å². The van der Waals surface area contributed by atoms with Crippen LogP contribution in [-0.2, 0) is 10.2 Å². The molecule has 5 heteroatoms. The fraction of sp³-hybridized carbons (Fsp3) is 0. The summed E-state index contributed by atoms with van der Waals surface area (Å²) >= 11 is 0. The molecule has 0 aliphatic carbocycles.